The van der Waals surface area contributed by atoms with Gasteiger partial charge in [-0.1, -0.05) is 29.0 Å². The second-order valence-corrected chi connectivity index (χ2v) is 5.76. The van der Waals surface area contributed by atoms with Gasteiger partial charge in [0.2, 0.25) is 5.91 Å². The highest BCUT2D eigenvalue weighted by molar-refractivity contribution is 7.17. The van der Waals surface area contributed by atoms with Crippen LogP contribution in [0.25, 0.3) is 0 Å². The molecule has 5 nitrogen and oxygen atoms in total. The maximum Gasteiger partial charge on any atom is 0.350 e. The summed E-state index contributed by atoms with van der Waals surface area (Å²) in [6.07, 6.45) is -0.225. The van der Waals surface area contributed by atoms with Gasteiger partial charge in [-0.05, 0) is 19.1 Å². The molecule has 0 saturated carbocycles. The molecule has 0 unspecified atom stereocenters. The van der Waals surface area contributed by atoms with E-state index >= 15 is 0 Å². The highest BCUT2D eigenvalue weighted by Crippen LogP contribution is 2.24. The van der Waals surface area contributed by atoms with Gasteiger partial charge < -0.3 is 10.1 Å². The Morgan fingerprint density at radius 2 is 2.18 bits per heavy atom. The molecule has 0 atom stereocenters. The fraction of sp³-hybridized carbons (Fsp3) is 0.214. The number of aryl methyl sites for hydroxylation is 1. The molecule has 0 radical (unpaired) electrons. The van der Waals surface area contributed by atoms with Gasteiger partial charge in [-0.15, -0.1) is 0 Å². The molecule has 1 amide bonds. The number of thiazole rings is 1. The summed E-state index contributed by atoms with van der Waals surface area (Å²) in [5.74, 6) is -1.54. The molecule has 8 heteroatoms. The Morgan fingerprint density at radius 1 is 1.45 bits per heavy atom. The number of nitrogens with zero attached hydrogens (tertiary/aromatic N) is 1. The monoisotopic (exact) mass is 342 g/mol. The Bertz CT molecular complexity index is 713. The van der Waals surface area contributed by atoms with E-state index in [1.807, 2.05) is 0 Å². The van der Waals surface area contributed by atoms with Crippen molar-refractivity contribution in [2.75, 3.05) is 12.4 Å². The van der Waals surface area contributed by atoms with E-state index in [-0.39, 0.29) is 22.1 Å². The number of methoxy groups -OCH3 is 1. The van der Waals surface area contributed by atoms with Gasteiger partial charge in [0, 0.05) is 10.6 Å². The van der Waals surface area contributed by atoms with Gasteiger partial charge >= 0.3 is 5.97 Å². The van der Waals surface area contributed by atoms with Crippen molar-refractivity contribution in [2.45, 2.75) is 13.3 Å². The van der Waals surface area contributed by atoms with Crippen molar-refractivity contribution >= 4 is 39.9 Å². The second-order valence-electron chi connectivity index (χ2n) is 4.35. The van der Waals surface area contributed by atoms with E-state index in [4.69, 9.17) is 11.6 Å². The first-order valence-electron chi connectivity index (χ1n) is 6.21. The molecule has 22 heavy (non-hydrogen) atoms. The first-order valence-corrected chi connectivity index (χ1v) is 7.40. The Balaban J connectivity index is 2.11. The molecular formula is C14H12ClFN2O3S. The highest BCUT2D eigenvalue weighted by Gasteiger charge is 2.18. The first kappa shape index (κ1) is 16.4. The fourth-order valence-electron chi connectivity index (χ4n) is 1.76. The number of ether oxygens (including phenoxy) is 1. The summed E-state index contributed by atoms with van der Waals surface area (Å²) in [7, 11) is 1.26. The lowest BCUT2D eigenvalue weighted by atomic mass is 10.1. The van der Waals surface area contributed by atoms with Gasteiger partial charge in [-0.2, -0.15) is 0 Å². The molecule has 0 bridgehead atoms. The standard InChI is InChI=1S/C14H12ClFN2O3S/c1-7-12(13(20)21-2)22-14(17-7)18-11(19)6-8-9(15)4-3-5-10(8)16/h3-5H,6H2,1-2H3,(H,17,18,19). The zero-order valence-electron chi connectivity index (χ0n) is 11.8. The number of anilines is 1. The van der Waals surface area contributed by atoms with E-state index < -0.39 is 17.7 Å². The number of aromatic nitrogens is 1. The normalized spacial score (nSPS) is 10.4. The lowest BCUT2D eigenvalue weighted by Crippen LogP contribution is -2.15. The van der Waals surface area contributed by atoms with Crippen molar-refractivity contribution in [1.82, 2.24) is 4.98 Å². The molecule has 1 heterocycles. The Labute approximate surface area is 135 Å². The Hall–Kier alpha value is -1.99. The number of hydrogen-bond donors (Lipinski definition) is 1. The van der Waals surface area contributed by atoms with Crippen LogP contribution < -0.4 is 5.32 Å². The number of rotatable bonds is 4. The van der Waals surface area contributed by atoms with Crippen LogP contribution in [0.4, 0.5) is 9.52 Å². The van der Waals surface area contributed by atoms with Crippen LogP contribution in [0.3, 0.4) is 0 Å². The predicted molar refractivity (Wildman–Crippen MR) is 81.9 cm³/mol. The summed E-state index contributed by atoms with van der Waals surface area (Å²) in [6.45, 7) is 1.63. The number of hydrogen-bond acceptors (Lipinski definition) is 5. The molecule has 2 aromatic rings. The number of nitrogens with one attached hydrogen (secondary N) is 1. The maximum atomic E-state index is 13.6. The van der Waals surface area contributed by atoms with Crippen LogP contribution in [0.15, 0.2) is 18.2 Å². The molecule has 116 valence electrons. The van der Waals surface area contributed by atoms with Crippen molar-refractivity contribution in [3.8, 4) is 0 Å². The van der Waals surface area contributed by atoms with E-state index in [2.05, 4.69) is 15.0 Å². The van der Waals surface area contributed by atoms with Crippen molar-refractivity contribution < 1.29 is 18.7 Å². The van der Waals surface area contributed by atoms with Crippen LogP contribution >= 0.6 is 22.9 Å². The molecule has 0 aliphatic carbocycles. The predicted octanol–water partition coefficient (Wildman–Crippen LogP) is 3.21. The minimum absolute atomic E-state index is 0.114. The summed E-state index contributed by atoms with van der Waals surface area (Å²) in [5, 5.41) is 2.95. The number of halogens is 2. The molecule has 2 rings (SSSR count). The third kappa shape index (κ3) is 3.61. The molecular weight excluding hydrogens is 331 g/mol. The van der Waals surface area contributed by atoms with Crippen LogP contribution in [0.1, 0.15) is 20.9 Å². The quantitative estimate of drug-likeness (QED) is 0.866. The van der Waals surface area contributed by atoms with Crippen molar-refractivity contribution in [3.63, 3.8) is 0 Å². The molecule has 0 aliphatic rings. The van der Waals surface area contributed by atoms with Crippen LogP contribution in [-0.4, -0.2) is 24.0 Å². The zero-order chi connectivity index (χ0) is 16.3. The van der Waals surface area contributed by atoms with Gasteiger partial charge in [-0.3, -0.25) is 4.79 Å². The minimum atomic E-state index is -0.548. The number of amides is 1. The lowest BCUT2D eigenvalue weighted by molar-refractivity contribution is -0.115. The van der Waals surface area contributed by atoms with Gasteiger partial charge in [0.05, 0.1) is 19.2 Å². The van der Waals surface area contributed by atoms with E-state index in [0.717, 1.165) is 11.3 Å². The number of carbonyl (C=O) groups is 2. The topological polar surface area (TPSA) is 68.3 Å². The van der Waals surface area contributed by atoms with E-state index in [9.17, 15) is 14.0 Å². The van der Waals surface area contributed by atoms with Crippen LogP contribution in [0, 0.1) is 12.7 Å². The third-order valence-corrected chi connectivity index (χ3v) is 4.22. The SMILES string of the molecule is COC(=O)c1sc(NC(=O)Cc2c(F)cccc2Cl)nc1C. The van der Waals surface area contributed by atoms with E-state index in [1.165, 1.54) is 25.3 Å². The average Bonchev–Trinajstić information content (AvgIpc) is 2.83. The third-order valence-electron chi connectivity index (χ3n) is 2.81. The van der Waals surface area contributed by atoms with Crippen LogP contribution in [0.2, 0.25) is 5.02 Å². The smallest absolute Gasteiger partial charge is 0.350 e. The largest absolute Gasteiger partial charge is 0.465 e. The minimum Gasteiger partial charge on any atom is -0.465 e. The molecule has 0 saturated heterocycles. The van der Waals surface area contributed by atoms with Gasteiger partial charge in [-0.25, -0.2) is 14.2 Å². The molecule has 1 aromatic heterocycles. The maximum absolute atomic E-state index is 13.6. The highest BCUT2D eigenvalue weighted by atomic mass is 35.5. The van der Waals surface area contributed by atoms with Crippen molar-refractivity contribution in [3.05, 3.63) is 45.2 Å². The number of carbonyl (C=O) groups excluding carboxylic acids is 2. The fourth-order valence-corrected chi connectivity index (χ4v) is 2.89. The summed E-state index contributed by atoms with van der Waals surface area (Å²) >= 11 is 6.87. The van der Waals surface area contributed by atoms with E-state index in [0.29, 0.717) is 10.6 Å². The zero-order valence-corrected chi connectivity index (χ0v) is 13.3. The summed E-state index contributed by atoms with van der Waals surface area (Å²) < 4.78 is 18.2. The average molecular weight is 343 g/mol. The molecule has 0 aliphatic heterocycles. The summed E-state index contributed by atoms with van der Waals surface area (Å²) in [6, 6.07) is 4.21. The number of esters is 1. The molecule has 1 aromatic carbocycles. The van der Waals surface area contributed by atoms with Crippen LogP contribution in [0.5, 0.6) is 0 Å². The molecule has 0 spiro atoms. The molecule has 1 N–H and O–H groups in total. The van der Waals surface area contributed by atoms with E-state index in [1.54, 1.807) is 6.92 Å². The summed E-state index contributed by atoms with van der Waals surface area (Å²) in [4.78, 5) is 27.8. The van der Waals surface area contributed by atoms with Gasteiger partial charge in [0.25, 0.3) is 0 Å². The Morgan fingerprint density at radius 3 is 2.82 bits per heavy atom. The molecule has 0 fully saturated rings. The lowest BCUT2D eigenvalue weighted by Gasteiger charge is -2.05. The first-order chi connectivity index (χ1) is 10.4. The number of benzene rings is 1. The Kier molecular flexibility index (Phi) is 5.10. The van der Waals surface area contributed by atoms with Crippen LogP contribution in [-0.2, 0) is 16.0 Å². The second kappa shape index (κ2) is 6.85. The summed E-state index contributed by atoms with van der Waals surface area (Å²) in [5.41, 5.74) is 0.569. The van der Waals surface area contributed by atoms with Gasteiger partial charge in [0.15, 0.2) is 5.13 Å². The van der Waals surface area contributed by atoms with Crippen molar-refractivity contribution in [2.24, 2.45) is 0 Å². The van der Waals surface area contributed by atoms with Crippen molar-refractivity contribution in [1.29, 1.82) is 0 Å². The van der Waals surface area contributed by atoms with Gasteiger partial charge in [0.1, 0.15) is 10.7 Å².